The molecular formula is C13H10FNO. The van der Waals surface area contributed by atoms with E-state index in [1.807, 2.05) is 6.92 Å². The van der Waals surface area contributed by atoms with Gasteiger partial charge in [-0.2, -0.15) is 0 Å². The van der Waals surface area contributed by atoms with Crippen LogP contribution in [0.2, 0.25) is 0 Å². The van der Waals surface area contributed by atoms with E-state index in [1.165, 1.54) is 6.07 Å². The van der Waals surface area contributed by atoms with Gasteiger partial charge in [-0.15, -0.1) is 0 Å². The summed E-state index contributed by atoms with van der Waals surface area (Å²) in [4.78, 5) is 14.8. The van der Waals surface area contributed by atoms with Crippen molar-refractivity contribution in [2.75, 3.05) is 0 Å². The summed E-state index contributed by atoms with van der Waals surface area (Å²) in [5.74, 6) is -0.497. The number of hydrogen-bond donors (Lipinski definition) is 0. The molecule has 2 rings (SSSR count). The third-order valence-corrected chi connectivity index (χ3v) is 2.48. The molecule has 0 aliphatic carbocycles. The molecule has 0 atom stereocenters. The summed E-state index contributed by atoms with van der Waals surface area (Å²) in [6, 6.07) is 6.38. The lowest BCUT2D eigenvalue weighted by atomic mass is 9.98. The molecule has 16 heavy (non-hydrogen) atoms. The SMILES string of the molecule is Cc1cnccc1-c1cccc(F)c1C=O. The van der Waals surface area contributed by atoms with Gasteiger partial charge in [0.05, 0.1) is 5.56 Å². The van der Waals surface area contributed by atoms with Gasteiger partial charge in [-0.3, -0.25) is 9.78 Å². The van der Waals surface area contributed by atoms with Gasteiger partial charge in [0.2, 0.25) is 0 Å². The Balaban J connectivity index is 2.69. The zero-order chi connectivity index (χ0) is 11.5. The lowest BCUT2D eigenvalue weighted by Crippen LogP contribution is -1.94. The minimum Gasteiger partial charge on any atom is -0.298 e. The van der Waals surface area contributed by atoms with E-state index in [0.717, 1.165) is 11.1 Å². The zero-order valence-electron chi connectivity index (χ0n) is 8.77. The highest BCUT2D eigenvalue weighted by molar-refractivity contribution is 5.88. The van der Waals surface area contributed by atoms with Crippen molar-refractivity contribution in [2.24, 2.45) is 0 Å². The summed E-state index contributed by atoms with van der Waals surface area (Å²) in [7, 11) is 0. The molecule has 1 aromatic heterocycles. The van der Waals surface area contributed by atoms with Crippen LogP contribution in [0.5, 0.6) is 0 Å². The van der Waals surface area contributed by atoms with Gasteiger partial charge < -0.3 is 0 Å². The normalized spacial score (nSPS) is 10.1. The van der Waals surface area contributed by atoms with Crippen LogP contribution in [-0.2, 0) is 0 Å². The summed E-state index contributed by atoms with van der Waals surface area (Å²) in [5, 5.41) is 0. The summed E-state index contributed by atoms with van der Waals surface area (Å²) in [6.07, 6.45) is 3.86. The molecule has 0 N–H and O–H groups in total. The fourth-order valence-corrected chi connectivity index (χ4v) is 1.67. The van der Waals surface area contributed by atoms with Crippen LogP contribution in [0.1, 0.15) is 15.9 Å². The van der Waals surface area contributed by atoms with Crippen molar-refractivity contribution in [2.45, 2.75) is 6.92 Å². The van der Waals surface area contributed by atoms with Crippen LogP contribution in [-0.4, -0.2) is 11.3 Å². The van der Waals surface area contributed by atoms with E-state index in [2.05, 4.69) is 4.98 Å². The fourth-order valence-electron chi connectivity index (χ4n) is 1.67. The van der Waals surface area contributed by atoms with Crippen LogP contribution < -0.4 is 0 Å². The van der Waals surface area contributed by atoms with Gasteiger partial charge in [-0.25, -0.2) is 4.39 Å². The van der Waals surface area contributed by atoms with Gasteiger partial charge in [-0.05, 0) is 35.7 Å². The number of carbonyl (C=O) groups is 1. The highest BCUT2D eigenvalue weighted by Crippen LogP contribution is 2.26. The quantitative estimate of drug-likeness (QED) is 0.721. The summed E-state index contributed by atoms with van der Waals surface area (Å²) in [5.41, 5.74) is 2.44. The Morgan fingerprint density at radius 2 is 2.06 bits per heavy atom. The minimum absolute atomic E-state index is 0.0943. The van der Waals surface area contributed by atoms with Gasteiger partial charge >= 0.3 is 0 Å². The van der Waals surface area contributed by atoms with Crippen molar-refractivity contribution in [3.63, 3.8) is 0 Å². The van der Waals surface area contributed by atoms with Crippen LogP contribution in [0.15, 0.2) is 36.7 Å². The molecule has 2 aromatic rings. The van der Waals surface area contributed by atoms with Crippen LogP contribution in [0, 0.1) is 12.7 Å². The molecule has 0 amide bonds. The van der Waals surface area contributed by atoms with Gasteiger partial charge in [-0.1, -0.05) is 12.1 Å². The second kappa shape index (κ2) is 4.23. The van der Waals surface area contributed by atoms with Crippen LogP contribution >= 0.6 is 0 Å². The molecule has 0 fully saturated rings. The van der Waals surface area contributed by atoms with E-state index in [4.69, 9.17) is 0 Å². The molecule has 0 spiro atoms. The molecule has 0 unspecified atom stereocenters. The first-order valence-corrected chi connectivity index (χ1v) is 4.88. The molecule has 0 aliphatic heterocycles. The Bertz CT molecular complexity index is 537. The highest BCUT2D eigenvalue weighted by atomic mass is 19.1. The second-order valence-electron chi connectivity index (χ2n) is 3.51. The molecule has 2 nitrogen and oxygen atoms in total. The number of nitrogens with zero attached hydrogens (tertiary/aromatic N) is 1. The summed E-state index contributed by atoms with van der Waals surface area (Å²) in [6.45, 7) is 1.88. The van der Waals surface area contributed by atoms with Gasteiger partial charge in [0, 0.05) is 12.4 Å². The Morgan fingerprint density at radius 3 is 2.75 bits per heavy atom. The Hall–Kier alpha value is -2.03. The molecule has 0 radical (unpaired) electrons. The number of hydrogen-bond acceptors (Lipinski definition) is 2. The van der Waals surface area contributed by atoms with Crippen molar-refractivity contribution in [1.82, 2.24) is 4.98 Å². The molecule has 0 saturated carbocycles. The third-order valence-electron chi connectivity index (χ3n) is 2.48. The number of aryl methyl sites for hydroxylation is 1. The van der Waals surface area contributed by atoms with E-state index in [1.54, 1.807) is 30.6 Å². The monoisotopic (exact) mass is 215 g/mol. The van der Waals surface area contributed by atoms with Crippen molar-refractivity contribution in [3.05, 3.63) is 53.6 Å². The standard InChI is InChI=1S/C13H10FNO/c1-9-7-15-6-5-10(9)11-3-2-4-13(14)12(11)8-16/h2-8H,1H3. The van der Waals surface area contributed by atoms with E-state index < -0.39 is 5.82 Å². The molecular weight excluding hydrogens is 205 g/mol. The first-order chi connectivity index (χ1) is 7.74. The van der Waals surface area contributed by atoms with E-state index in [-0.39, 0.29) is 5.56 Å². The maximum absolute atomic E-state index is 13.4. The van der Waals surface area contributed by atoms with Gasteiger partial charge in [0.25, 0.3) is 0 Å². The fraction of sp³-hybridized carbons (Fsp3) is 0.0769. The summed E-state index contributed by atoms with van der Waals surface area (Å²) < 4.78 is 13.4. The first-order valence-electron chi connectivity index (χ1n) is 4.88. The molecule has 0 bridgehead atoms. The van der Waals surface area contributed by atoms with Gasteiger partial charge in [0.15, 0.2) is 6.29 Å². The highest BCUT2D eigenvalue weighted by Gasteiger charge is 2.10. The number of halogens is 1. The van der Waals surface area contributed by atoms with Crippen molar-refractivity contribution in [1.29, 1.82) is 0 Å². The number of aldehydes is 1. The lowest BCUT2D eigenvalue weighted by molar-refractivity contribution is 0.112. The molecule has 0 aliphatic rings. The molecule has 80 valence electrons. The predicted molar refractivity (Wildman–Crippen MR) is 59.8 cm³/mol. The average molecular weight is 215 g/mol. The number of carbonyl (C=O) groups excluding carboxylic acids is 1. The van der Waals surface area contributed by atoms with Crippen molar-refractivity contribution in [3.8, 4) is 11.1 Å². The van der Waals surface area contributed by atoms with E-state index >= 15 is 0 Å². The Morgan fingerprint density at radius 1 is 1.25 bits per heavy atom. The zero-order valence-corrected chi connectivity index (χ0v) is 8.77. The Labute approximate surface area is 92.8 Å². The molecule has 3 heteroatoms. The topological polar surface area (TPSA) is 30.0 Å². The maximum atomic E-state index is 13.4. The minimum atomic E-state index is -0.497. The van der Waals surface area contributed by atoms with Crippen molar-refractivity contribution >= 4 is 6.29 Å². The van der Waals surface area contributed by atoms with Crippen molar-refractivity contribution < 1.29 is 9.18 Å². The first kappa shape index (κ1) is 10.5. The third kappa shape index (κ3) is 1.72. The summed E-state index contributed by atoms with van der Waals surface area (Å²) >= 11 is 0. The number of benzene rings is 1. The van der Waals surface area contributed by atoms with Crippen LogP contribution in [0.3, 0.4) is 0 Å². The van der Waals surface area contributed by atoms with Gasteiger partial charge in [0.1, 0.15) is 5.82 Å². The predicted octanol–water partition coefficient (Wildman–Crippen LogP) is 3.01. The smallest absolute Gasteiger partial charge is 0.153 e. The molecule has 1 heterocycles. The molecule has 1 aromatic carbocycles. The van der Waals surface area contributed by atoms with E-state index in [0.29, 0.717) is 11.8 Å². The maximum Gasteiger partial charge on any atom is 0.153 e. The lowest BCUT2D eigenvalue weighted by Gasteiger charge is -2.08. The largest absolute Gasteiger partial charge is 0.298 e. The number of aromatic nitrogens is 1. The van der Waals surface area contributed by atoms with Crippen LogP contribution in [0.4, 0.5) is 4.39 Å². The van der Waals surface area contributed by atoms with E-state index in [9.17, 15) is 9.18 Å². The van der Waals surface area contributed by atoms with Crippen LogP contribution in [0.25, 0.3) is 11.1 Å². The number of pyridine rings is 1. The Kier molecular flexibility index (Phi) is 2.77. The second-order valence-corrected chi connectivity index (χ2v) is 3.51. The molecule has 0 saturated heterocycles. The number of rotatable bonds is 2. The average Bonchev–Trinajstić information content (AvgIpc) is 2.29.